The Hall–Kier alpha value is -1.14. The van der Waals surface area contributed by atoms with E-state index in [9.17, 15) is 4.79 Å². The Morgan fingerprint density at radius 1 is 1.26 bits per heavy atom. The highest BCUT2D eigenvalue weighted by molar-refractivity contribution is 6.30. The molecule has 5 nitrogen and oxygen atoms in total. The van der Waals surface area contributed by atoms with Gasteiger partial charge in [0, 0.05) is 31.1 Å². The summed E-state index contributed by atoms with van der Waals surface area (Å²) in [6.45, 7) is 3.92. The minimum atomic E-state index is -0.0480. The van der Waals surface area contributed by atoms with Gasteiger partial charge in [-0.2, -0.15) is 0 Å². The van der Waals surface area contributed by atoms with E-state index in [1.54, 1.807) is 0 Å². The number of carbonyl (C=O) groups is 1. The van der Waals surface area contributed by atoms with E-state index >= 15 is 0 Å². The van der Waals surface area contributed by atoms with Gasteiger partial charge in [-0.3, -0.25) is 15.6 Å². The number of amides is 1. The Bertz CT molecular complexity index is 517. The molecule has 3 rings (SSSR count). The lowest BCUT2D eigenvalue weighted by Crippen LogP contribution is -2.42. The molecule has 0 bridgehead atoms. The second-order valence-corrected chi connectivity index (χ2v) is 6.71. The highest BCUT2D eigenvalue weighted by Crippen LogP contribution is 2.24. The van der Waals surface area contributed by atoms with E-state index < -0.39 is 0 Å². The highest BCUT2D eigenvalue weighted by atomic mass is 35.5. The van der Waals surface area contributed by atoms with Gasteiger partial charge in [0.25, 0.3) is 0 Å². The van der Waals surface area contributed by atoms with Crippen LogP contribution in [0.4, 0.5) is 0 Å². The molecule has 2 aliphatic heterocycles. The number of nitrogens with one attached hydrogen (secondary N) is 2. The van der Waals surface area contributed by atoms with Crippen molar-refractivity contribution < 1.29 is 9.53 Å². The van der Waals surface area contributed by atoms with Crippen LogP contribution in [0.15, 0.2) is 24.3 Å². The molecule has 0 radical (unpaired) electrons. The van der Waals surface area contributed by atoms with E-state index in [4.69, 9.17) is 16.3 Å². The van der Waals surface area contributed by atoms with Gasteiger partial charge in [-0.05, 0) is 36.5 Å². The third-order valence-electron chi connectivity index (χ3n) is 4.57. The summed E-state index contributed by atoms with van der Waals surface area (Å²) >= 11 is 5.93. The molecule has 23 heavy (non-hydrogen) atoms. The zero-order valence-corrected chi connectivity index (χ0v) is 14.0. The Kier molecular flexibility index (Phi) is 5.89. The van der Waals surface area contributed by atoms with Gasteiger partial charge in [-0.1, -0.05) is 23.7 Å². The Labute approximate surface area is 142 Å². The molecule has 2 aliphatic rings. The lowest BCUT2D eigenvalue weighted by molar-refractivity contribution is -0.139. The Balaban J connectivity index is 1.47. The van der Waals surface area contributed by atoms with Crippen LogP contribution in [0.1, 0.15) is 30.9 Å². The van der Waals surface area contributed by atoms with Crippen molar-refractivity contribution in [2.24, 2.45) is 5.92 Å². The van der Waals surface area contributed by atoms with Crippen molar-refractivity contribution in [3.05, 3.63) is 34.9 Å². The van der Waals surface area contributed by atoms with Gasteiger partial charge in [-0.15, -0.1) is 0 Å². The molecular formula is C17H24ClN3O2. The van der Waals surface area contributed by atoms with Gasteiger partial charge in [-0.25, -0.2) is 0 Å². The smallest absolute Gasteiger partial charge is 0.222 e. The molecule has 126 valence electrons. The molecule has 6 heteroatoms. The molecule has 1 amide bonds. The molecule has 0 aromatic heterocycles. The van der Waals surface area contributed by atoms with Crippen molar-refractivity contribution in [3.63, 3.8) is 0 Å². The number of rotatable bonds is 5. The van der Waals surface area contributed by atoms with Crippen LogP contribution in [0.5, 0.6) is 0 Å². The van der Waals surface area contributed by atoms with Gasteiger partial charge in [0.05, 0.1) is 13.2 Å². The number of morpholine rings is 1. The highest BCUT2D eigenvalue weighted by Gasteiger charge is 2.25. The van der Waals surface area contributed by atoms with E-state index in [1.807, 2.05) is 29.2 Å². The van der Waals surface area contributed by atoms with E-state index in [1.165, 1.54) is 0 Å². The summed E-state index contributed by atoms with van der Waals surface area (Å²) in [5.41, 5.74) is 7.34. The fourth-order valence-electron chi connectivity index (χ4n) is 3.16. The van der Waals surface area contributed by atoms with Crippen LogP contribution < -0.4 is 10.9 Å². The van der Waals surface area contributed by atoms with E-state index in [0.717, 1.165) is 31.5 Å². The van der Waals surface area contributed by atoms with Crippen LogP contribution in [0.2, 0.25) is 5.02 Å². The molecule has 1 atom stereocenters. The van der Waals surface area contributed by atoms with Gasteiger partial charge in [0.1, 0.15) is 6.10 Å². The normalized spacial score (nSPS) is 22.5. The summed E-state index contributed by atoms with van der Waals surface area (Å²) in [6.07, 6.45) is 2.63. The minimum absolute atomic E-state index is 0.0480. The second-order valence-electron chi connectivity index (χ2n) is 6.27. The molecular weight excluding hydrogens is 314 g/mol. The third kappa shape index (κ3) is 4.67. The number of ether oxygens (including phenoxy) is 1. The lowest BCUT2D eigenvalue weighted by Gasteiger charge is -2.33. The molecule has 1 aromatic rings. The van der Waals surface area contributed by atoms with Gasteiger partial charge in [0.2, 0.25) is 5.91 Å². The molecule has 2 heterocycles. The number of halogens is 1. The summed E-state index contributed by atoms with van der Waals surface area (Å²) in [5, 5.41) is 0.716. The first kappa shape index (κ1) is 16.7. The lowest BCUT2D eigenvalue weighted by atomic mass is 10.0. The molecule has 0 aliphatic carbocycles. The second kappa shape index (κ2) is 8.11. The average molecular weight is 338 g/mol. The Morgan fingerprint density at radius 3 is 2.74 bits per heavy atom. The summed E-state index contributed by atoms with van der Waals surface area (Å²) in [6, 6.07) is 7.68. The number of hydrogen-bond acceptors (Lipinski definition) is 4. The molecule has 0 saturated carbocycles. The molecule has 2 N–H and O–H groups in total. The largest absolute Gasteiger partial charge is 0.370 e. The average Bonchev–Trinajstić information content (AvgIpc) is 3.09. The summed E-state index contributed by atoms with van der Waals surface area (Å²) in [4.78, 5) is 14.4. The molecule has 1 unspecified atom stereocenters. The van der Waals surface area contributed by atoms with Gasteiger partial charge >= 0.3 is 0 Å². The van der Waals surface area contributed by atoms with Crippen molar-refractivity contribution in [2.45, 2.75) is 25.4 Å². The standard InChI is InChI=1S/C17H24ClN3O2/c18-15-6-4-14(5-7-15)16-12-21(8-9-23-16)17(22)3-1-2-13-10-19-20-11-13/h4-7,13,16,19-20H,1-3,8-12H2. The zero-order valence-electron chi connectivity index (χ0n) is 13.3. The monoisotopic (exact) mass is 337 g/mol. The van der Waals surface area contributed by atoms with Gasteiger partial charge < -0.3 is 9.64 Å². The summed E-state index contributed by atoms with van der Waals surface area (Å²) < 4.78 is 5.82. The molecule has 2 fully saturated rings. The van der Waals surface area contributed by atoms with Crippen LogP contribution in [0.3, 0.4) is 0 Å². The number of benzene rings is 1. The number of hydrogen-bond donors (Lipinski definition) is 2. The van der Waals surface area contributed by atoms with Crippen LogP contribution in [-0.2, 0) is 9.53 Å². The summed E-state index contributed by atoms with van der Waals surface area (Å²) in [5.74, 6) is 0.889. The van der Waals surface area contributed by atoms with Crippen molar-refractivity contribution >= 4 is 17.5 Å². The molecule has 1 aromatic carbocycles. The van der Waals surface area contributed by atoms with Crippen molar-refractivity contribution in [1.29, 1.82) is 0 Å². The summed E-state index contributed by atoms with van der Waals surface area (Å²) in [7, 11) is 0. The van der Waals surface area contributed by atoms with Crippen LogP contribution in [0.25, 0.3) is 0 Å². The molecule has 0 spiro atoms. The van der Waals surface area contributed by atoms with E-state index in [2.05, 4.69) is 10.9 Å². The van der Waals surface area contributed by atoms with Crippen LogP contribution in [-0.4, -0.2) is 43.6 Å². The number of hydrazine groups is 1. The fourth-order valence-corrected chi connectivity index (χ4v) is 3.29. The third-order valence-corrected chi connectivity index (χ3v) is 4.82. The zero-order chi connectivity index (χ0) is 16.1. The number of carbonyl (C=O) groups excluding carboxylic acids is 1. The predicted molar refractivity (Wildman–Crippen MR) is 90.1 cm³/mol. The van der Waals surface area contributed by atoms with Gasteiger partial charge in [0.15, 0.2) is 0 Å². The van der Waals surface area contributed by atoms with E-state index in [-0.39, 0.29) is 12.0 Å². The maximum absolute atomic E-state index is 12.4. The van der Waals surface area contributed by atoms with Crippen LogP contribution >= 0.6 is 11.6 Å². The first-order chi connectivity index (χ1) is 11.2. The molecule has 2 saturated heterocycles. The van der Waals surface area contributed by atoms with E-state index in [0.29, 0.717) is 37.1 Å². The topological polar surface area (TPSA) is 53.6 Å². The maximum Gasteiger partial charge on any atom is 0.222 e. The van der Waals surface area contributed by atoms with Crippen molar-refractivity contribution in [1.82, 2.24) is 15.8 Å². The van der Waals surface area contributed by atoms with Crippen LogP contribution in [0, 0.1) is 5.92 Å². The van der Waals surface area contributed by atoms with Crippen molar-refractivity contribution in [3.8, 4) is 0 Å². The fraction of sp³-hybridized carbons (Fsp3) is 0.588. The quantitative estimate of drug-likeness (QED) is 0.864. The first-order valence-corrected chi connectivity index (χ1v) is 8.71. The first-order valence-electron chi connectivity index (χ1n) is 8.33. The predicted octanol–water partition coefficient (Wildman–Crippen LogP) is 2.13. The minimum Gasteiger partial charge on any atom is -0.370 e. The number of nitrogens with zero attached hydrogens (tertiary/aromatic N) is 1. The Morgan fingerprint density at radius 2 is 2.00 bits per heavy atom. The SMILES string of the molecule is O=C(CCCC1CNNC1)N1CCOC(c2ccc(Cl)cc2)C1. The maximum atomic E-state index is 12.4. The van der Waals surface area contributed by atoms with Crippen molar-refractivity contribution in [2.75, 3.05) is 32.8 Å².